The largest absolute Gasteiger partial charge is 0.481 e. The lowest BCUT2D eigenvalue weighted by Gasteiger charge is -2.03. The van der Waals surface area contributed by atoms with Gasteiger partial charge >= 0.3 is 11.6 Å². The molecule has 0 fully saturated rings. The number of benzene rings is 1. The van der Waals surface area contributed by atoms with E-state index >= 15 is 0 Å². The summed E-state index contributed by atoms with van der Waals surface area (Å²) in [5, 5.41) is 9.41. The summed E-state index contributed by atoms with van der Waals surface area (Å²) in [7, 11) is 0. The van der Waals surface area contributed by atoms with E-state index in [0.29, 0.717) is 16.5 Å². The maximum atomic E-state index is 11.2. The first-order valence-corrected chi connectivity index (χ1v) is 4.81. The maximum absolute atomic E-state index is 11.2. The number of fused-ring (bicyclic) bond motifs is 1. The zero-order chi connectivity index (χ0) is 11.7. The second-order valence-corrected chi connectivity index (χ2v) is 3.66. The molecule has 1 heterocycles. The monoisotopic (exact) mass is 218 g/mol. The van der Waals surface area contributed by atoms with E-state index in [1.54, 1.807) is 12.1 Å². The van der Waals surface area contributed by atoms with Crippen LogP contribution in [0.25, 0.3) is 11.0 Å². The molecule has 16 heavy (non-hydrogen) atoms. The second kappa shape index (κ2) is 3.81. The minimum absolute atomic E-state index is 0.175. The van der Waals surface area contributed by atoms with E-state index in [4.69, 9.17) is 9.52 Å². The molecule has 0 saturated heterocycles. The molecule has 82 valence electrons. The standard InChI is InChI=1S/C12H10O4/c1-7-2-3-9-8(5-11(13)14)6-12(15)16-10(9)4-7/h2-4,6H,5H2,1H3,(H,13,14). The molecule has 2 aromatic rings. The first-order valence-electron chi connectivity index (χ1n) is 4.81. The van der Waals surface area contributed by atoms with E-state index in [0.717, 1.165) is 5.56 Å². The van der Waals surface area contributed by atoms with Crippen molar-refractivity contribution in [3.8, 4) is 0 Å². The van der Waals surface area contributed by atoms with Crippen molar-refractivity contribution >= 4 is 16.9 Å². The van der Waals surface area contributed by atoms with Crippen LogP contribution in [0.5, 0.6) is 0 Å². The van der Waals surface area contributed by atoms with Gasteiger partial charge in [-0.05, 0) is 24.1 Å². The Balaban J connectivity index is 2.72. The molecule has 1 aromatic carbocycles. The van der Waals surface area contributed by atoms with Gasteiger partial charge in [0.25, 0.3) is 0 Å². The van der Waals surface area contributed by atoms with Crippen molar-refractivity contribution in [1.29, 1.82) is 0 Å². The Hall–Kier alpha value is -2.10. The predicted molar refractivity (Wildman–Crippen MR) is 58.6 cm³/mol. The van der Waals surface area contributed by atoms with Gasteiger partial charge in [-0.1, -0.05) is 12.1 Å². The van der Waals surface area contributed by atoms with Crippen molar-refractivity contribution in [3.63, 3.8) is 0 Å². The maximum Gasteiger partial charge on any atom is 0.336 e. The summed E-state index contributed by atoms with van der Waals surface area (Å²) >= 11 is 0. The minimum Gasteiger partial charge on any atom is -0.481 e. The lowest BCUT2D eigenvalue weighted by molar-refractivity contribution is -0.136. The number of hydrogen-bond donors (Lipinski definition) is 1. The highest BCUT2D eigenvalue weighted by molar-refractivity contribution is 5.84. The topological polar surface area (TPSA) is 67.5 Å². The van der Waals surface area contributed by atoms with Gasteiger partial charge in [-0.2, -0.15) is 0 Å². The Morgan fingerprint density at radius 3 is 2.81 bits per heavy atom. The normalized spacial score (nSPS) is 10.6. The third kappa shape index (κ3) is 1.95. The summed E-state index contributed by atoms with van der Waals surface area (Å²) in [4.78, 5) is 21.9. The van der Waals surface area contributed by atoms with Crippen LogP contribution in [0.3, 0.4) is 0 Å². The second-order valence-electron chi connectivity index (χ2n) is 3.66. The molecule has 0 bridgehead atoms. The summed E-state index contributed by atoms with van der Waals surface area (Å²) in [5.41, 5.74) is 1.36. The third-order valence-electron chi connectivity index (χ3n) is 2.33. The van der Waals surface area contributed by atoms with Crippen LogP contribution < -0.4 is 5.63 Å². The molecule has 0 aliphatic heterocycles. The molecular weight excluding hydrogens is 208 g/mol. The summed E-state index contributed by atoms with van der Waals surface area (Å²) in [6.07, 6.45) is -0.175. The average Bonchev–Trinajstić information content (AvgIpc) is 2.15. The molecule has 0 saturated carbocycles. The van der Waals surface area contributed by atoms with Crippen molar-refractivity contribution < 1.29 is 14.3 Å². The lowest BCUT2D eigenvalue weighted by atomic mass is 10.1. The van der Waals surface area contributed by atoms with Crippen LogP contribution in [0.15, 0.2) is 33.5 Å². The van der Waals surface area contributed by atoms with Gasteiger partial charge in [-0.15, -0.1) is 0 Å². The SMILES string of the molecule is Cc1ccc2c(CC(=O)O)cc(=O)oc2c1. The quantitative estimate of drug-likeness (QED) is 0.779. The van der Waals surface area contributed by atoms with Gasteiger partial charge in [0.1, 0.15) is 5.58 Å². The molecule has 1 N–H and O–H groups in total. The number of carboxylic acid groups (broad SMARTS) is 1. The van der Waals surface area contributed by atoms with Gasteiger partial charge in [0, 0.05) is 11.5 Å². The Morgan fingerprint density at radius 2 is 2.12 bits per heavy atom. The molecule has 0 amide bonds. The fourth-order valence-electron chi connectivity index (χ4n) is 1.65. The molecule has 1 aromatic heterocycles. The first kappa shape index (κ1) is 10.4. The van der Waals surface area contributed by atoms with Crippen molar-refractivity contribution in [2.75, 3.05) is 0 Å². The Kier molecular flexibility index (Phi) is 2.48. The van der Waals surface area contributed by atoms with Crippen LogP contribution in [-0.4, -0.2) is 11.1 Å². The van der Waals surface area contributed by atoms with Gasteiger partial charge in [-0.3, -0.25) is 4.79 Å². The van der Waals surface area contributed by atoms with E-state index in [2.05, 4.69) is 0 Å². The van der Waals surface area contributed by atoms with E-state index in [1.807, 2.05) is 13.0 Å². The molecule has 4 heteroatoms. The summed E-state index contributed by atoms with van der Waals surface area (Å²) in [5.74, 6) is -0.965. The lowest BCUT2D eigenvalue weighted by Crippen LogP contribution is -2.06. The number of rotatable bonds is 2. The van der Waals surface area contributed by atoms with Gasteiger partial charge in [0.2, 0.25) is 0 Å². The summed E-state index contributed by atoms with van der Waals surface area (Å²) in [6.45, 7) is 1.88. The van der Waals surface area contributed by atoms with Crippen molar-refractivity contribution in [1.82, 2.24) is 0 Å². The molecule has 0 spiro atoms. The third-order valence-corrected chi connectivity index (χ3v) is 2.33. The average molecular weight is 218 g/mol. The van der Waals surface area contributed by atoms with Crippen LogP contribution in [0.1, 0.15) is 11.1 Å². The molecule has 0 atom stereocenters. The Labute approximate surface area is 91.1 Å². The van der Waals surface area contributed by atoms with Gasteiger partial charge < -0.3 is 9.52 Å². The smallest absolute Gasteiger partial charge is 0.336 e. The fraction of sp³-hybridized carbons (Fsp3) is 0.167. The highest BCUT2D eigenvalue weighted by atomic mass is 16.4. The van der Waals surface area contributed by atoms with Crippen LogP contribution in [0.4, 0.5) is 0 Å². The number of carbonyl (C=O) groups is 1. The van der Waals surface area contributed by atoms with Gasteiger partial charge in [0.05, 0.1) is 6.42 Å². The van der Waals surface area contributed by atoms with Gasteiger partial charge in [0.15, 0.2) is 0 Å². The Bertz CT molecular complexity index is 610. The van der Waals surface area contributed by atoms with Crippen LogP contribution in [0.2, 0.25) is 0 Å². The van der Waals surface area contributed by atoms with Crippen molar-refractivity contribution in [2.24, 2.45) is 0 Å². The molecular formula is C12H10O4. The molecule has 2 rings (SSSR count). The van der Waals surface area contributed by atoms with E-state index in [1.165, 1.54) is 6.07 Å². The van der Waals surface area contributed by atoms with Crippen LogP contribution in [0, 0.1) is 6.92 Å². The zero-order valence-corrected chi connectivity index (χ0v) is 8.69. The molecule has 4 nitrogen and oxygen atoms in total. The fourth-order valence-corrected chi connectivity index (χ4v) is 1.65. The van der Waals surface area contributed by atoms with E-state index < -0.39 is 11.6 Å². The van der Waals surface area contributed by atoms with Gasteiger partial charge in [-0.25, -0.2) is 4.79 Å². The highest BCUT2D eigenvalue weighted by Gasteiger charge is 2.08. The number of carboxylic acids is 1. The number of hydrogen-bond acceptors (Lipinski definition) is 3. The number of aliphatic carboxylic acids is 1. The predicted octanol–water partition coefficient (Wildman–Crippen LogP) is 1.73. The zero-order valence-electron chi connectivity index (χ0n) is 8.69. The Morgan fingerprint density at radius 1 is 1.38 bits per heavy atom. The molecule has 0 aliphatic rings. The molecule has 0 radical (unpaired) electrons. The number of aryl methyl sites for hydroxylation is 1. The van der Waals surface area contributed by atoms with Crippen molar-refractivity contribution in [3.05, 3.63) is 45.8 Å². The summed E-state index contributed by atoms with van der Waals surface area (Å²) < 4.78 is 5.02. The highest BCUT2D eigenvalue weighted by Crippen LogP contribution is 2.18. The van der Waals surface area contributed by atoms with Crippen LogP contribution >= 0.6 is 0 Å². The molecule has 0 unspecified atom stereocenters. The summed E-state index contributed by atoms with van der Waals surface area (Å²) in [6, 6.07) is 6.58. The first-order chi connectivity index (χ1) is 7.56. The van der Waals surface area contributed by atoms with Crippen molar-refractivity contribution in [2.45, 2.75) is 13.3 Å². The van der Waals surface area contributed by atoms with E-state index in [9.17, 15) is 9.59 Å². The molecule has 0 aliphatic carbocycles. The van der Waals surface area contributed by atoms with E-state index in [-0.39, 0.29) is 6.42 Å². The van der Waals surface area contributed by atoms with Crippen LogP contribution in [-0.2, 0) is 11.2 Å². The minimum atomic E-state index is -0.965.